The maximum absolute atomic E-state index is 3.36. The Labute approximate surface area is 93.5 Å². The van der Waals surface area contributed by atoms with Crippen LogP contribution in [-0.4, -0.2) is 0 Å². The Morgan fingerprint density at radius 3 is 2.19 bits per heavy atom. The highest BCUT2D eigenvalue weighted by atomic mass is 14.1. The minimum atomic E-state index is 1.21. The van der Waals surface area contributed by atoms with E-state index in [9.17, 15) is 0 Å². The lowest BCUT2D eigenvalue weighted by molar-refractivity contribution is 1.77. The fraction of sp³-hybridized carbons (Fsp3) is 0. The Kier molecular flexibility index (Phi) is 1.39. The number of rotatable bonds is 0. The maximum atomic E-state index is 3.36. The number of hydrogen-bond donors (Lipinski definition) is 0. The summed E-state index contributed by atoms with van der Waals surface area (Å²) in [7, 11) is 0. The molecule has 4 rings (SSSR count). The molecule has 0 aromatic heterocycles. The third-order valence-electron chi connectivity index (χ3n) is 3.30. The van der Waals surface area contributed by atoms with E-state index in [1.807, 2.05) is 0 Å². The van der Waals surface area contributed by atoms with Gasteiger partial charge in [-0.3, -0.25) is 0 Å². The highest BCUT2D eigenvalue weighted by Crippen LogP contribution is 2.33. The van der Waals surface area contributed by atoms with E-state index in [0.717, 1.165) is 0 Å². The van der Waals surface area contributed by atoms with E-state index in [1.165, 1.54) is 32.3 Å². The van der Waals surface area contributed by atoms with Crippen molar-refractivity contribution in [1.29, 1.82) is 0 Å². The molecule has 0 heteroatoms. The third kappa shape index (κ3) is 0.892. The molecule has 1 radical (unpaired) electrons. The summed E-state index contributed by atoms with van der Waals surface area (Å²) >= 11 is 0. The van der Waals surface area contributed by atoms with Crippen LogP contribution >= 0.6 is 0 Å². The lowest BCUT2D eigenvalue weighted by Gasteiger charge is -2.09. The SMILES string of the molecule is [c]1cc2cccc3ccc4cccc1c4c23. The molecule has 0 heterocycles. The molecule has 0 aliphatic heterocycles. The zero-order chi connectivity index (χ0) is 10.5. The quantitative estimate of drug-likeness (QED) is 0.370. The van der Waals surface area contributed by atoms with Crippen LogP contribution in [0.3, 0.4) is 0 Å². The molecule has 0 aliphatic carbocycles. The van der Waals surface area contributed by atoms with Crippen molar-refractivity contribution in [2.24, 2.45) is 0 Å². The van der Waals surface area contributed by atoms with Crippen molar-refractivity contribution in [2.75, 3.05) is 0 Å². The Balaban J connectivity index is 2.51. The van der Waals surface area contributed by atoms with Gasteiger partial charge in [-0.15, -0.1) is 0 Å². The third-order valence-corrected chi connectivity index (χ3v) is 3.30. The summed E-state index contributed by atoms with van der Waals surface area (Å²) in [6.45, 7) is 0. The maximum Gasteiger partial charge on any atom is -0.00206 e. The normalized spacial score (nSPS) is 11.8. The van der Waals surface area contributed by atoms with Gasteiger partial charge in [-0.1, -0.05) is 48.5 Å². The van der Waals surface area contributed by atoms with Gasteiger partial charge < -0.3 is 0 Å². The van der Waals surface area contributed by atoms with Crippen LogP contribution in [0.1, 0.15) is 0 Å². The molecular formula is C16H9. The highest BCUT2D eigenvalue weighted by molar-refractivity contribution is 6.22. The minimum absolute atomic E-state index is 1.21. The average molecular weight is 201 g/mol. The van der Waals surface area contributed by atoms with Crippen molar-refractivity contribution in [3.63, 3.8) is 0 Å². The van der Waals surface area contributed by atoms with Gasteiger partial charge in [-0.05, 0) is 44.5 Å². The van der Waals surface area contributed by atoms with Gasteiger partial charge in [0.05, 0.1) is 0 Å². The summed E-state index contributed by atoms with van der Waals surface area (Å²) in [5, 5.41) is 7.82. The lowest BCUT2D eigenvalue weighted by Crippen LogP contribution is -1.82. The molecule has 0 N–H and O–H groups in total. The first-order valence-corrected chi connectivity index (χ1v) is 5.48. The molecule has 0 unspecified atom stereocenters. The standard InChI is InChI=1S/C16H9/c1-3-11-7-9-13-5-2-6-14-10-8-12(4-1)15(11)16(13)14/h1-9H. The zero-order valence-corrected chi connectivity index (χ0v) is 8.70. The van der Waals surface area contributed by atoms with E-state index >= 15 is 0 Å². The smallest absolute Gasteiger partial charge is 0.00206 e. The predicted octanol–water partition coefficient (Wildman–Crippen LogP) is 4.38. The summed E-state index contributed by atoms with van der Waals surface area (Å²) in [4.78, 5) is 0. The van der Waals surface area contributed by atoms with Gasteiger partial charge in [0, 0.05) is 0 Å². The van der Waals surface area contributed by atoms with Crippen molar-refractivity contribution in [2.45, 2.75) is 0 Å². The van der Waals surface area contributed by atoms with Crippen molar-refractivity contribution in [3.05, 3.63) is 60.7 Å². The molecule has 0 nitrogen and oxygen atoms in total. The van der Waals surface area contributed by atoms with Crippen LogP contribution in [0.5, 0.6) is 0 Å². The second-order valence-corrected chi connectivity index (χ2v) is 4.20. The van der Waals surface area contributed by atoms with Crippen molar-refractivity contribution in [1.82, 2.24) is 0 Å². The molecule has 0 bridgehead atoms. The molecule has 4 aromatic rings. The predicted molar refractivity (Wildman–Crippen MR) is 69.0 cm³/mol. The molecule has 4 aromatic carbocycles. The van der Waals surface area contributed by atoms with E-state index in [2.05, 4.69) is 60.7 Å². The molecule has 0 saturated carbocycles. The van der Waals surface area contributed by atoms with E-state index in [0.29, 0.717) is 0 Å². The Hall–Kier alpha value is -2.08. The molecule has 0 spiro atoms. The molecule has 0 fully saturated rings. The van der Waals surface area contributed by atoms with Crippen LogP contribution in [0.15, 0.2) is 54.6 Å². The number of benzene rings is 4. The van der Waals surface area contributed by atoms with Gasteiger partial charge >= 0.3 is 0 Å². The first kappa shape index (κ1) is 8.12. The monoisotopic (exact) mass is 201 g/mol. The van der Waals surface area contributed by atoms with Crippen molar-refractivity contribution >= 4 is 32.3 Å². The second-order valence-electron chi connectivity index (χ2n) is 4.20. The van der Waals surface area contributed by atoms with Gasteiger partial charge in [0.25, 0.3) is 0 Å². The minimum Gasteiger partial charge on any atom is -0.0610 e. The largest absolute Gasteiger partial charge is 0.0610 e. The Morgan fingerprint density at radius 2 is 1.31 bits per heavy atom. The van der Waals surface area contributed by atoms with Crippen LogP contribution in [0.25, 0.3) is 32.3 Å². The van der Waals surface area contributed by atoms with E-state index in [4.69, 9.17) is 0 Å². The van der Waals surface area contributed by atoms with Crippen LogP contribution in [0.2, 0.25) is 0 Å². The van der Waals surface area contributed by atoms with Gasteiger partial charge in [0.15, 0.2) is 0 Å². The summed E-state index contributed by atoms with van der Waals surface area (Å²) < 4.78 is 0. The summed E-state index contributed by atoms with van der Waals surface area (Å²) in [5.41, 5.74) is 0. The second kappa shape index (κ2) is 2.73. The number of hydrogen-bond acceptors (Lipinski definition) is 0. The van der Waals surface area contributed by atoms with Crippen LogP contribution in [0.4, 0.5) is 0 Å². The summed E-state index contributed by atoms with van der Waals surface area (Å²) in [6, 6.07) is 22.7. The topological polar surface area (TPSA) is 0 Å². The first-order chi connectivity index (χ1) is 7.93. The van der Waals surface area contributed by atoms with E-state index in [1.54, 1.807) is 0 Å². The van der Waals surface area contributed by atoms with E-state index in [-0.39, 0.29) is 0 Å². The highest BCUT2D eigenvalue weighted by Gasteiger charge is 2.06. The van der Waals surface area contributed by atoms with Crippen LogP contribution in [0, 0.1) is 6.07 Å². The van der Waals surface area contributed by atoms with Crippen LogP contribution in [-0.2, 0) is 0 Å². The summed E-state index contributed by atoms with van der Waals surface area (Å²) in [5.74, 6) is 0. The van der Waals surface area contributed by atoms with Crippen molar-refractivity contribution < 1.29 is 0 Å². The first-order valence-electron chi connectivity index (χ1n) is 5.48. The molecule has 0 aliphatic rings. The summed E-state index contributed by atoms with van der Waals surface area (Å²) in [6.07, 6.45) is 0. The van der Waals surface area contributed by atoms with Gasteiger partial charge in [0.1, 0.15) is 0 Å². The Morgan fingerprint density at radius 1 is 0.625 bits per heavy atom. The molecule has 16 heavy (non-hydrogen) atoms. The van der Waals surface area contributed by atoms with Crippen molar-refractivity contribution in [3.8, 4) is 0 Å². The molecule has 73 valence electrons. The van der Waals surface area contributed by atoms with Gasteiger partial charge in [-0.2, -0.15) is 0 Å². The zero-order valence-electron chi connectivity index (χ0n) is 8.70. The molecule has 0 amide bonds. The molecule has 0 atom stereocenters. The molecule has 0 saturated heterocycles. The van der Waals surface area contributed by atoms with E-state index < -0.39 is 0 Å². The Bertz CT molecular complexity index is 667. The van der Waals surface area contributed by atoms with Crippen LogP contribution < -0.4 is 0 Å². The van der Waals surface area contributed by atoms with Gasteiger partial charge in [0.2, 0.25) is 0 Å². The lowest BCUT2D eigenvalue weighted by atomic mass is 9.95. The molecular weight excluding hydrogens is 192 g/mol. The fourth-order valence-corrected chi connectivity index (χ4v) is 2.58. The average Bonchev–Trinajstić information content (AvgIpc) is 2.36. The fourth-order valence-electron chi connectivity index (χ4n) is 2.58. The van der Waals surface area contributed by atoms with Gasteiger partial charge in [-0.25, -0.2) is 0 Å².